The van der Waals surface area contributed by atoms with Crippen LogP contribution in [0.1, 0.15) is 19.7 Å². The molecule has 0 amide bonds. The number of hydrogen-bond acceptors (Lipinski definition) is 5. The number of H-pyrrole nitrogens is 1. The Morgan fingerprint density at radius 2 is 2.32 bits per heavy atom. The largest absolute Gasteiger partial charge is 0.368 e. The monoisotopic (exact) mass is 288 g/mol. The van der Waals surface area contributed by atoms with Crippen LogP contribution >= 0.6 is 0 Å². The van der Waals surface area contributed by atoms with Gasteiger partial charge in [-0.05, 0) is 20.8 Å². The Balaban J connectivity index is 2.29. The SMILES string of the molecule is Cc1ncc(S(=O)(=O)N2CC(CN)OC(C)(C)C2)[nH]1. The summed E-state index contributed by atoms with van der Waals surface area (Å²) >= 11 is 0. The molecule has 2 rings (SSSR count). The van der Waals surface area contributed by atoms with Gasteiger partial charge in [-0.15, -0.1) is 0 Å². The molecule has 0 saturated carbocycles. The smallest absolute Gasteiger partial charge is 0.260 e. The summed E-state index contributed by atoms with van der Waals surface area (Å²) in [7, 11) is -3.58. The number of sulfonamides is 1. The van der Waals surface area contributed by atoms with E-state index < -0.39 is 15.6 Å². The fourth-order valence-corrected chi connectivity index (χ4v) is 3.80. The highest BCUT2D eigenvalue weighted by Crippen LogP contribution is 2.25. The van der Waals surface area contributed by atoms with Crippen LogP contribution < -0.4 is 5.73 Å². The fourth-order valence-electron chi connectivity index (χ4n) is 2.22. The van der Waals surface area contributed by atoms with E-state index in [0.717, 1.165) is 0 Å². The summed E-state index contributed by atoms with van der Waals surface area (Å²) in [5.74, 6) is 0.571. The van der Waals surface area contributed by atoms with E-state index in [9.17, 15) is 8.42 Å². The highest BCUT2D eigenvalue weighted by molar-refractivity contribution is 7.89. The topological polar surface area (TPSA) is 101 Å². The van der Waals surface area contributed by atoms with Crippen molar-refractivity contribution in [3.8, 4) is 0 Å². The summed E-state index contributed by atoms with van der Waals surface area (Å²) in [5.41, 5.74) is 5.05. The molecule has 8 heteroatoms. The average molecular weight is 288 g/mol. The Hall–Kier alpha value is -0.960. The lowest BCUT2D eigenvalue weighted by molar-refractivity contribution is -0.112. The van der Waals surface area contributed by atoms with Crippen LogP contribution in [-0.2, 0) is 14.8 Å². The molecule has 108 valence electrons. The van der Waals surface area contributed by atoms with E-state index in [-0.39, 0.29) is 24.2 Å². The van der Waals surface area contributed by atoms with E-state index in [0.29, 0.717) is 12.4 Å². The van der Waals surface area contributed by atoms with Gasteiger partial charge < -0.3 is 15.5 Å². The van der Waals surface area contributed by atoms with Gasteiger partial charge in [0, 0.05) is 19.6 Å². The van der Waals surface area contributed by atoms with Crippen molar-refractivity contribution < 1.29 is 13.2 Å². The molecule has 1 aromatic heterocycles. The number of aryl methyl sites for hydroxylation is 1. The van der Waals surface area contributed by atoms with Crippen LogP contribution in [0.4, 0.5) is 0 Å². The summed E-state index contributed by atoms with van der Waals surface area (Å²) in [6.07, 6.45) is 1.05. The van der Waals surface area contributed by atoms with E-state index in [2.05, 4.69) is 9.97 Å². The normalized spacial score (nSPS) is 24.5. The van der Waals surface area contributed by atoms with Gasteiger partial charge in [0.25, 0.3) is 10.0 Å². The maximum absolute atomic E-state index is 12.5. The van der Waals surface area contributed by atoms with E-state index in [1.807, 2.05) is 13.8 Å². The molecule has 1 atom stereocenters. The van der Waals surface area contributed by atoms with E-state index in [4.69, 9.17) is 10.5 Å². The first-order valence-electron chi connectivity index (χ1n) is 6.14. The minimum Gasteiger partial charge on any atom is -0.368 e. The molecule has 1 aromatic rings. The van der Waals surface area contributed by atoms with Gasteiger partial charge >= 0.3 is 0 Å². The van der Waals surface area contributed by atoms with Crippen molar-refractivity contribution in [1.29, 1.82) is 0 Å². The lowest BCUT2D eigenvalue weighted by atomic mass is 10.1. The first kappa shape index (κ1) is 14.4. The minimum atomic E-state index is -3.58. The van der Waals surface area contributed by atoms with Crippen LogP contribution in [0.15, 0.2) is 11.2 Å². The van der Waals surface area contributed by atoms with Crippen molar-refractivity contribution in [2.75, 3.05) is 19.6 Å². The molecule has 1 aliphatic rings. The second kappa shape index (κ2) is 4.86. The fraction of sp³-hybridized carbons (Fsp3) is 0.727. The number of aromatic nitrogens is 2. The first-order valence-corrected chi connectivity index (χ1v) is 7.58. The Morgan fingerprint density at radius 3 is 2.84 bits per heavy atom. The van der Waals surface area contributed by atoms with Gasteiger partial charge in [-0.2, -0.15) is 4.31 Å². The Morgan fingerprint density at radius 1 is 1.63 bits per heavy atom. The summed E-state index contributed by atoms with van der Waals surface area (Å²) in [6.45, 7) is 6.28. The van der Waals surface area contributed by atoms with Crippen LogP contribution in [0.2, 0.25) is 0 Å². The molecule has 0 aromatic carbocycles. The van der Waals surface area contributed by atoms with Gasteiger partial charge in [-0.3, -0.25) is 0 Å². The molecule has 3 N–H and O–H groups in total. The molecule has 1 unspecified atom stereocenters. The molecule has 19 heavy (non-hydrogen) atoms. The lowest BCUT2D eigenvalue weighted by Gasteiger charge is -2.41. The van der Waals surface area contributed by atoms with E-state index in [1.165, 1.54) is 10.5 Å². The molecule has 0 spiro atoms. The van der Waals surface area contributed by atoms with Gasteiger partial charge in [0.15, 0.2) is 5.03 Å². The van der Waals surface area contributed by atoms with Crippen molar-refractivity contribution >= 4 is 10.0 Å². The average Bonchev–Trinajstić information content (AvgIpc) is 2.74. The maximum atomic E-state index is 12.5. The molecular formula is C11H20N4O3S. The standard InChI is InChI=1S/C11H20N4O3S/c1-8-13-5-10(14-8)19(16,17)15-6-9(4-12)18-11(2,3)7-15/h5,9H,4,6-7,12H2,1-3H3,(H,13,14). The highest BCUT2D eigenvalue weighted by Gasteiger charge is 2.39. The second-order valence-electron chi connectivity index (χ2n) is 5.37. The Labute approximate surface area is 113 Å². The van der Waals surface area contributed by atoms with Gasteiger partial charge in [-0.1, -0.05) is 0 Å². The number of imidazole rings is 1. The van der Waals surface area contributed by atoms with Gasteiger partial charge in [0.2, 0.25) is 0 Å². The highest BCUT2D eigenvalue weighted by atomic mass is 32.2. The van der Waals surface area contributed by atoms with E-state index in [1.54, 1.807) is 6.92 Å². The third-order valence-electron chi connectivity index (χ3n) is 3.01. The zero-order valence-electron chi connectivity index (χ0n) is 11.4. The van der Waals surface area contributed by atoms with E-state index >= 15 is 0 Å². The molecule has 2 heterocycles. The number of nitrogens with one attached hydrogen (secondary N) is 1. The molecule has 1 saturated heterocycles. The van der Waals surface area contributed by atoms with Crippen molar-refractivity contribution in [2.45, 2.75) is 37.5 Å². The molecular weight excluding hydrogens is 268 g/mol. The van der Waals surface area contributed by atoms with Crippen molar-refractivity contribution in [2.24, 2.45) is 5.73 Å². The Kier molecular flexibility index (Phi) is 3.69. The maximum Gasteiger partial charge on any atom is 0.260 e. The van der Waals surface area contributed by atoms with Crippen LogP contribution in [0.3, 0.4) is 0 Å². The van der Waals surface area contributed by atoms with Crippen LogP contribution in [-0.4, -0.2) is 54.0 Å². The van der Waals surface area contributed by atoms with Crippen LogP contribution in [0, 0.1) is 6.92 Å². The molecule has 7 nitrogen and oxygen atoms in total. The minimum absolute atomic E-state index is 0.110. The number of aromatic amines is 1. The van der Waals surface area contributed by atoms with Crippen LogP contribution in [0.25, 0.3) is 0 Å². The quantitative estimate of drug-likeness (QED) is 0.805. The summed E-state index contributed by atoms with van der Waals surface area (Å²) in [4.78, 5) is 6.70. The van der Waals surface area contributed by atoms with Crippen molar-refractivity contribution in [3.05, 3.63) is 12.0 Å². The zero-order valence-corrected chi connectivity index (χ0v) is 12.2. The summed E-state index contributed by atoms with van der Waals surface area (Å²) in [5, 5.41) is 0.110. The number of ether oxygens (including phenoxy) is 1. The predicted molar refractivity (Wildman–Crippen MR) is 70.1 cm³/mol. The third-order valence-corrected chi connectivity index (χ3v) is 4.73. The predicted octanol–water partition coefficient (Wildman–Crippen LogP) is -0.155. The van der Waals surface area contributed by atoms with Gasteiger partial charge in [0.05, 0.1) is 17.9 Å². The van der Waals surface area contributed by atoms with Gasteiger partial charge in [0.1, 0.15) is 5.82 Å². The van der Waals surface area contributed by atoms with Crippen molar-refractivity contribution in [1.82, 2.24) is 14.3 Å². The second-order valence-corrected chi connectivity index (χ2v) is 7.27. The molecule has 1 fully saturated rings. The van der Waals surface area contributed by atoms with Crippen molar-refractivity contribution in [3.63, 3.8) is 0 Å². The number of rotatable bonds is 3. The van der Waals surface area contributed by atoms with Gasteiger partial charge in [-0.25, -0.2) is 13.4 Å². The summed E-state index contributed by atoms with van der Waals surface area (Å²) < 4.78 is 32.2. The number of morpholine rings is 1. The molecule has 0 aliphatic carbocycles. The summed E-state index contributed by atoms with van der Waals surface area (Å²) in [6, 6.07) is 0. The number of nitrogens with zero attached hydrogens (tertiary/aromatic N) is 2. The van der Waals surface area contributed by atoms with Crippen LogP contribution in [0.5, 0.6) is 0 Å². The zero-order chi connectivity index (χ0) is 14.3. The number of nitrogens with two attached hydrogens (primary N) is 1. The first-order chi connectivity index (χ1) is 8.74. The number of hydrogen-bond donors (Lipinski definition) is 2. The third kappa shape index (κ3) is 2.97. The lowest BCUT2D eigenvalue weighted by Crippen LogP contribution is -2.56. The molecule has 0 radical (unpaired) electrons. The Bertz CT molecular complexity index is 552. The molecule has 0 bridgehead atoms. The molecule has 1 aliphatic heterocycles.